The molecule has 8 nitrogen and oxygen atoms in total. The summed E-state index contributed by atoms with van der Waals surface area (Å²) in [5.74, 6) is 0.793. The molecule has 162 valence electrons. The van der Waals surface area contributed by atoms with Gasteiger partial charge in [-0.05, 0) is 24.1 Å². The van der Waals surface area contributed by atoms with Gasteiger partial charge in [0.1, 0.15) is 5.75 Å². The molecule has 0 unspecified atom stereocenters. The monoisotopic (exact) mass is 414 g/mol. The summed E-state index contributed by atoms with van der Waals surface area (Å²) in [4.78, 5) is 28.5. The standard InChI is InChI=1S/C22H30N4O4/c1-5-8-23-21(29)26-13-22(11-25(12-22)14(2)28)19-16-7-6-15(30-4)9-17(16)24(3)20(19)18(26)10-27/h6-7,9,18,27H,5,8,10-13H2,1-4H3,(H,23,29)/t18-/m1/s1. The third-order valence-electron chi connectivity index (χ3n) is 6.54. The van der Waals surface area contributed by atoms with Crippen molar-refractivity contribution in [2.24, 2.45) is 7.05 Å². The van der Waals surface area contributed by atoms with Gasteiger partial charge in [0.2, 0.25) is 5.91 Å². The molecule has 0 aliphatic carbocycles. The molecule has 1 fully saturated rings. The number of rotatable bonds is 4. The predicted molar refractivity (Wildman–Crippen MR) is 114 cm³/mol. The van der Waals surface area contributed by atoms with E-state index in [0.717, 1.165) is 34.3 Å². The van der Waals surface area contributed by atoms with Crippen molar-refractivity contribution in [2.45, 2.75) is 31.7 Å². The van der Waals surface area contributed by atoms with Crippen LogP contribution in [0, 0.1) is 0 Å². The minimum Gasteiger partial charge on any atom is -0.497 e. The first-order valence-corrected chi connectivity index (χ1v) is 10.4. The SMILES string of the molecule is CCCNC(=O)N1CC2(CN(C(C)=O)C2)c2c(n(C)c3cc(OC)ccc23)[C@H]1CO. The number of nitrogens with one attached hydrogen (secondary N) is 1. The number of urea groups is 1. The van der Waals surface area contributed by atoms with E-state index < -0.39 is 6.04 Å². The summed E-state index contributed by atoms with van der Waals surface area (Å²) >= 11 is 0. The van der Waals surface area contributed by atoms with Crippen LogP contribution in [-0.4, -0.2) is 71.3 Å². The predicted octanol–water partition coefficient (Wildman–Crippen LogP) is 1.76. The van der Waals surface area contributed by atoms with Crippen LogP contribution >= 0.6 is 0 Å². The maximum atomic E-state index is 13.0. The van der Waals surface area contributed by atoms with Crippen molar-refractivity contribution in [3.05, 3.63) is 29.5 Å². The van der Waals surface area contributed by atoms with E-state index in [2.05, 4.69) is 9.88 Å². The molecule has 3 amide bonds. The molecule has 1 aromatic heterocycles. The Morgan fingerprint density at radius 2 is 2.03 bits per heavy atom. The Kier molecular flexibility index (Phi) is 5.13. The van der Waals surface area contributed by atoms with Crippen LogP contribution in [0.1, 0.15) is 37.6 Å². The fourth-order valence-electron chi connectivity index (χ4n) is 5.07. The Balaban J connectivity index is 1.88. The Bertz CT molecular complexity index is 993. The van der Waals surface area contributed by atoms with Gasteiger partial charge in [-0.15, -0.1) is 0 Å². The third kappa shape index (κ3) is 2.93. The van der Waals surface area contributed by atoms with Gasteiger partial charge >= 0.3 is 6.03 Å². The van der Waals surface area contributed by atoms with Gasteiger partial charge in [0.05, 0.1) is 30.7 Å². The highest BCUT2D eigenvalue weighted by Crippen LogP contribution is 2.49. The van der Waals surface area contributed by atoms with Crippen molar-refractivity contribution in [3.63, 3.8) is 0 Å². The van der Waals surface area contributed by atoms with E-state index in [9.17, 15) is 14.7 Å². The number of aliphatic hydroxyl groups excluding tert-OH is 1. The number of aryl methyl sites for hydroxylation is 1. The van der Waals surface area contributed by atoms with Crippen LogP contribution in [0.15, 0.2) is 18.2 Å². The number of ether oxygens (including phenoxy) is 1. The topological polar surface area (TPSA) is 87.0 Å². The van der Waals surface area contributed by atoms with Gasteiger partial charge in [-0.1, -0.05) is 6.92 Å². The van der Waals surface area contributed by atoms with Gasteiger partial charge in [-0.2, -0.15) is 0 Å². The van der Waals surface area contributed by atoms with E-state index in [-0.39, 0.29) is 24.0 Å². The zero-order valence-corrected chi connectivity index (χ0v) is 18.1. The van der Waals surface area contributed by atoms with Crippen molar-refractivity contribution in [1.82, 2.24) is 19.7 Å². The molecule has 0 radical (unpaired) electrons. The first-order valence-electron chi connectivity index (χ1n) is 10.4. The van der Waals surface area contributed by atoms with Crippen molar-refractivity contribution >= 4 is 22.8 Å². The minimum absolute atomic E-state index is 0.0374. The van der Waals surface area contributed by atoms with Crippen LogP contribution in [0.3, 0.4) is 0 Å². The van der Waals surface area contributed by atoms with Crippen molar-refractivity contribution < 1.29 is 19.4 Å². The molecule has 1 spiro atoms. The first kappa shape index (κ1) is 20.5. The van der Waals surface area contributed by atoms with E-state index >= 15 is 0 Å². The summed E-state index contributed by atoms with van der Waals surface area (Å²) in [5.41, 5.74) is 2.72. The Morgan fingerprint density at radius 3 is 2.63 bits per heavy atom. The molecule has 2 N–H and O–H groups in total. The molecular formula is C22H30N4O4. The van der Waals surface area contributed by atoms with Gasteiger partial charge in [-0.3, -0.25) is 4.79 Å². The molecule has 2 aliphatic rings. The zero-order chi connectivity index (χ0) is 21.6. The van der Waals surface area contributed by atoms with Crippen LogP contribution in [0.2, 0.25) is 0 Å². The van der Waals surface area contributed by atoms with Crippen LogP contribution in [0.4, 0.5) is 4.79 Å². The lowest BCUT2D eigenvalue weighted by Crippen LogP contribution is -2.68. The summed E-state index contributed by atoms with van der Waals surface area (Å²) in [5, 5.41) is 14.4. The second-order valence-electron chi connectivity index (χ2n) is 8.42. The van der Waals surface area contributed by atoms with Crippen molar-refractivity contribution in [1.29, 1.82) is 0 Å². The van der Waals surface area contributed by atoms with Crippen LogP contribution < -0.4 is 10.1 Å². The lowest BCUT2D eigenvalue weighted by atomic mass is 9.68. The number of aliphatic hydroxyl groups is 1. The molecule has 1 aromatic carbocycles. The quantitative estimate of drug-likeness (QED) is 0.798. The number of aromatic nitrogens is 1. The van der Waals surface area contributed by atoms with E-state index in [1.807, 2.05) is 37.1 Å². The number of fused-ring (bicyclic) bond motifs is 4. The van der Waals surface area contributed by atoms with E-state index in [0.29, 0.717) is 26.2 Å². The number of hydrogen-bond acceptors (Lipinski definition) is 4. The number of nitrogens with zero attached hydrogens (tertiary/aromatic N) is 3. The fourth-order valence-corrected chi connectivity index (χ4v) is 5.07. The van der Waals surface area contributed by atoms with Crippen molar-refractivity contribution in [2.75, 3.05) is 39.9 Å². The summed E-state index contributed by atoms with van der Waals surface area (Å²) in [6.45, 7) is 5.60. The summed E-state index contributed by atoms with van der Waals surface area (Å²) in [6.07, 6.45) is 0.839. The first-order chi connectivity index (χ1) is 14.4. The molecule has 1 atom stereocenters. The van der Waals surface area contributed by atoms with E-state index in [1.54, 1.807) is 18.9 Å². The van der Waals surface area contributed by atoms with E-state index in [1.165, 1.54) is 0 Å². The molecule has 2 aromatic rings. The molecule has 2 aliphatic heterocycles. The highest BCUT2D eigenvalue weighted by molar-refractivity contribution is 5.90. The van der Waals surface area contributed by atoms with Crippen LogP contribution in [-0.2, 0) is 17.3 Å². The van der Waals surface area contributed by atoms with Crippen molar-refractivity contribution in [3.8, 4) is 5.75 Å². The highest BCUT2D eigenvalue weighted by Gasteiger charge is 2.55. The Morgan fingerprint density at radius 1 is 1.30 bits per heavy atom. The Labute approximate surface area is 176 Å². The number of carbonyl (C=O) groups is 2. The Hall–Kier alpha value is -2.74. The van der Waals surface area contributed by atoms with Gasteiger partial charge in [0.25, 0.3) is 0 Å². The molecule has 3 heterocycles. The number of methoxy groups -OCH3 is 1. The molecule has 4 rings (SSSR count). The third-order valence-corrected chi connectivity index (χ3v) is 6.54. The number of likely N-dealkylation sites (tertiary alicyclic amines) is 1. The largest absolute Gasteiger partial charge is 0.497 e. The number of benzene rings is 1. The molecule has 8 heteroatoms. The second kappa shape index (κ2) is 7.50. The smallest absolute Gasteiger partial charge is 0.318 e. The fraction of sp³-hybridized carbons (Fsp3) is 0.545. The second-order valence-corrected chi connectivity index (χ2v) is 8.42. The minimum atomic E-state index is -0.447. The average molecular weight is 415 g/mol. The van der Waals surface area contributed by atoms with Gasteiger partial charge in [0, 0.05) is 57.3 Å². The zero-order valence-electron chi connectivity index (χ0n) is 18.1. The van der Waals surface area contributed by atoms with Gasteiger partial charge < -0.3 is 29.5 Å². The lowest BCUT2D eigenvalue weighted by Gasteiger charge is -2.56. The highest BCUT2D eigenvalue weighted by atomic mass is 16.5. The van der Waals surface area contributed by atoms with Crippen LogP contribution in [0.5, 0.6) is 5.75 Å². The molecule has 0 saturated carbocycles. The molecule has 1 saturated heterocycles. The van der Waals surface area contributed by atoms with Gasteiger partial charge in [-0.25, -0.2) is 4.79 Å². The molecule has 0 bridgehead atoms. The molecule has 30 heavy (non-hydrogen) atoms. The number of amides is 3. The summed E-state index contributed by atoms with van der Waals surface area (Å²) in [7, 11) is 3.60. The van der Waals surface area contributed by atoms with E-state index in [4.69, 9.17) is 4.74 Å². The lowest BCUT2D eigenvalue weighted by molar-refractivity contribution is -0.137. The summed E-state index contributed by atoms with van der Waals surface area (Å²) in [6, 6.07) is 5.35. The summed E-state index contributed by atoms with van der Waals surface area (Å²) < 4.78 is 7.48. The molecular weight excluding hydrogens is 384 g/mol. The maximum Gasteiger partial charge on any atom is 0.318 e. The van der Waals surface area contributed by atoms with Crippen LogP contribution in [0.25, 0.3) is 10.9 Å². The average Bonchev–Trinajstić information content (AvgIpc) is 3.01. The number of carbonyl (C=O) groups excluding carboxylic acids is 2. The maximum absolute atomic E-state index is 13.0. The normalized spacial score (nSPS) is 19.6. The number of hydrogen-bond donors (Lipinski definition) is 2. The van der Waals surface area contributed by atoms with Gasteiger partial charge in [0.15, 0.2) is 0 Å².